The molecule has 0 bridgehead atoms. The highest BCUT2D eigenvalue weighted by atomic mass is 16.3. The second kappa shape index (κ2) is 6.38. The average molecular weight is 372 g/mol. The fourth-order valence-electron chi connectivity index (χ4n) is 3.65. The maximum Gasteiger partial charge on any atom is 0.153 e. The molecule has 1 N–H and O–H groups in total. The quantitative estimate of drug-likeness (QED) is 0.596. The Bertz CT molecular complexity index is 1160. The van der Waals surface area contributed by atoms with Crippen molar-refractivity contribution in [1.29, 1.82) is 0 Å². The monoisotopic (exact) mass is 372 g/mol. The Labute approximate surface area is 162 Å². The van der Waals surface area contributed by atoms with Crippen LogP contribution in [0.25, 0.3) is 28.2 Å². The van der Waals surface area contributed by atoms with Crippen LogP contribution in [0.5, 0.6) is 5.75 Å². The lowest BCUT2D eigenvalue weighted by molar-refractivity contribution is 0.186. The number of aromatic hydroxyl groups is 1. The van der Waals surface area contributed by atoms with Gasteiger partial charge in [-0.2, -0.15) is 15.3 Å². The Morgan fingerprint density at radius 1 is 1.00 bits per heavy atom. The molecule has 1 aliphatic rings. The lowest BCUT2D eigenvalue weighted by Gasteiger charge is -2.35. The number of imidazole rings is 1. The van der Waals surface area contributed by atoms with Crippen LogP contribution in [0, 0.1) is 6.92 Å². The highest BCUT2D eigenvalue weighted by molar-refractivity contribution is 5.73. The minimum atomic E-state index is 0.159. The number of hydrogen-bond donors (Lipinski definition) is 1. The number of rotatable bonds is 3. The first-order chi connectivity index (χ1) is 13.6. The van der Waals surface area contributed by atoms with Crippen molar-refractivity contribution < 1.29 is 5.11 Å². The molecule has 28 heavy (non-hydrogen) atoms. The van der Waals surface area contributed by atoms with Crippen LogP contribution < -0.4 is 0 Å². The molecule has 4 aromatic rings. The fourth-order valence-corrected chi connectivity index (χ4v) is 3.65. The molecule has 7 nitrogen and oxygen atoms in total. The molecule has 0 amide bonds. The second-order valence-electron chi connectivity index (χ2n) is 7.40. The van der Waals surface area contributed by atoms with E-state index in [1.165, 1.54) is 0 Å². The van der Waals surface area contributed by atoms with E-state index in [-0.39, 0.29) is 5.75 Å². The van der Waals surface area contributed by atoms with E-state index in [1.54, 1.807) is 10.6 Å². The van der Waals surface area contributed by atoms with Gasteiger partial charge in [0.25, 0.3) is 0 Å². The third-order valence-corrected chi connectivity index (χ3v) is 5.18. The van der Waals surface area contributed by atoms with Gasteiger partial charge in [0, 0.05) is 30.1 Å². The topological polar surface area (TPSA) is 79.4 Å². The summed E-state index contributed by atoms with van der Waals surface area (Å²) in [5.41, 5.74) is 5.64. The molecule has 0 saturated carbocycles. The zero-order chi connectivity index (χ0) is 19.3. The third-order valence-electron chi connectivity index (χ3n) is 5.18. The number of nitrogens with zero attached hydrogens (tertiary/aromatic N) is 6. The summed E-state index contributed by atoms with van der Waals surface area (Å²) in [7, 11) is 2.10. The van der Waals surface area contributed by atoms with Gasteiger partial charge in [0.15, 0.2) is 5.65 Å². The SMILES string of the molecule is Cc1cn2nc(-c3ccc(-c4ccc(C5CN(C)C5)nn4)c(O)c3)ccc2n1. The van der Waals surface area contributed by atoms with E-state index in [1.807, 2.05) is 49.5 Å². The van der Waals surface area contributed by atoms with E-state index in [2.05, 4.69) is 32.2 Å². The van der Waals surface area contributed by atoms with Gasteiger partial charge in [-0.3, -0.25) is 0 Å². The molecule has 1 aromatic carbocycles. The highest BCUT2D eigenvalue weighted by Gasteiger charge is 2.26. The van der Waals surface area contributed by atoms with Gasteiger partial charge in [-0.05, 0) is 50.4 Å². The van der Waals surface area contributed by atoms with Gasteiger partial charge in [-0.15, -0.1) is 0 Å². The molecule has 0 radical (unpaired) electrons. The van der Waals surface area contributed by atoms with Crippen LogP contribution in [0.1, 0.15) is 17.3 Å². The molecule has 7 heteroatoms. The van der Waals surface area contributed by atoms with Crippen LogP contribution in [0.3, 0.4) is 0 Å². The van der Waals surface area contributed by atoms with Crippen LogP contribution in [-0.4, -0.2) is 54.9 Å². The number of aromatic nitrogens is 5. The first-order valence-corrected chi connectivity index (χ1v) is 9.26. The van der Waals surface area contributed by atoms with Gasteiger partial charge < -0.3 is 10.0 Å². The number of phenols is 1. The minimum Gasteiger partial charge on any atom is -0.507 e. The van der Waals surface area contributed by atoms with Crippen molar-refractivity contribution in [2.75, 3.05) is 20.1 Å². The number of fused-ring (bicyclic) bond motifs is 1. The predicted molar refractivity (Wildman–Crippen MR) is 106 cm³/mol. The fraction of sp³-hybridized carbons (Fsp3) is 0.238. The molecule has 3 aromatic heterocycles. The van der Waals surface area contributed by atoms with Crippen LogP contribution in [0.15, 0.2) is 48.7 Å². The summed E-state index contributed by atoms with van der Waals surface area (Å²) in [4.78, 5) is 6.64. The van der Waals surface area contributed by atoms with Gasteiger partial charge >= 0.3 is 0 Å². The van der Waals surface area contributed by atoms with Gasteiger partial charge in [0.1, 0.15) is 5.75 Å². The first-order valence-electron chi connectivity index (χ1n) is 9.26. The van der Waals surface area contributed by atoms with Gasteiger partial charge in [-0.25, -0.2) is 9.50 Å². The Hall–Kier alpha value is -3.32. The first kappa shape index (κ1) is 16.8. The number of likely N-dealkylation sites (tertiary alicyclic amines) is 1. The van der Waals surface area contributed by atoms with Crippen molar-refractivity contribution in [1.82, 2.24) is 29.7 Å². The molecule has 0 aliphatic carbocycles. The van der Waals surface area contributed by atoms with Gasteiger partial charge in [0.05, 0.1) is 29.0 Å². The van der Waals surface area contributed by atoms with E-state index in [0.29, 0.717) is 17.2 Å². The van der Waals surface area contributed by atoms with Crippen LogP contribution in [-0.2, 0) is 0 Å². The predicted octanol–water partition coefficient (Wildman–Crippen LogP) is 2.90. The van der Waals surface area contributed by atoms with E-state index < -0.39 is 0 Å². The van der Waals surface area contributed by atoms with Crippen molar-refractivity contribution in [2.24, 2.45) is 0 Å². The van der Waals surface area contributed by atoms with Crippen LogP contribution in [0.4, 0.5) is 0 Å². The minimum absolute atomic E-state index is 0.159. The zero-order valence-corrected chi connectivity index (χ0v) is 15.7. The summed E-state index contributed by atoms with van der Waals surface area (Å²) in [5, 5.41) is 23.8. The van der Waals surface area contributed by atoms with Gasteiger partial charge in [0.2, 0.25) is 0 Å². The third kappa shape index (κ3) is 2.90. The Morgan fingerprint density at radius 2 is 1.82 bits per heavy atom. The number of hydrogen-bond acceptors (Lipinski definition) is 6. The molecular weight excluding hydrogens is 352 g/mol. The smallest absolute Gasteiger partial charge is 0.153 e. The van der Waals surface area contributed by atoms with Crippen molar-refractivity contribution in [3.63, 3.8) is 0 Å². The summed E-state index contributed by atoms with van der Waals surface area (Å²) >= 11 is 0. The standard InChI is InChI=1S/C21H20N6O/c1-13-10-27-21(22-13)8-7-18(25-27)14-3-4-16(20(28)9-14)19-6-5-17(23-24-19)15-11-26(2)12-15/h3-10,15,28H,11-12H2,1-2H3. The highest BCUT2D eigenvalue weighted by Crippen LogP contribution is 2.32. The van der Waals surface area contributed by atoms with Gasteiger partial charge in [-0.1, -0.05) is 6.07 Å². The summed E-state index contributed by atoms with van der Waals surface area (Å²) in [6, 6.07) is 13.3. The molecule has 1 fully saturated rings. The largest absolute Gasteiger partial charge is 0.507 e. The normalized spacial score (nSPS) is 15.1. The lowest BCUT2D eigenvalue weighted by Crippen LogP contribution is -2.42. The molecule has 4 heterocycles. The van der Waals surface area contributed by atoms with E-state index in [0.717, 1.165) is 41.4 Å². The number of aryl methyl sites for hydroxylation is 1. The lowest BCUT2D eigenvalue weighted by atomic mass is 9.96. The van der Waals surface area contributed by atoms with Crippen molar-refractivity contribution in [3.8, 4) is 28.3 Å². The summed E-state index contributed by atoms with van der Waals surface area (Å²) in [6.45, 7) is 3.97. The Kier molecular flexibility index (Phi) is 3.84. The maximum absolute atomic E-state index is 10.6. The van der Waals surface area contributed by atoms with Crippen LogP contribution in [0.2, 0.25) is 0 Å². The molecular formula is C21H20N6O. The van der Waals surface area contributed by atoms with E-state index in [9.17, 15) is 5.11 Å². The molecule has 1 aliphatic heterocycles. The van der Waals surface area contributed by atoms with Crippen molar-refractivity contribution in [3.05, 3.63) is 60.0 Å². The Morgan fingerprint density at radius 3 is 2.54 bits per heavy atom. The molecule has 5 rings (SSSR count). The summed E-state index contributed by atoms with van der Waals surface area (Å²) < 4.78 is 1.75. The van der Waals surface area contributed by atoms with Crippen LogP contribution >= 0.6 is 0 Å². The summed E-state index contributed by atoms with van der Waals surface area (Å²) in [5.74, 6) is 0.613. The Balaban J connectivity index is 1.44. The number of likely N-dealkylation sites (N-methyl/N-ethyl adjacent to an activating group) is 1. The van der Waals surface area contributed by atoms with E-state index in [4.69, 9.17) is 0 Å². The molecule has 0 atom stereocenters. The average Bonchev–Trinajstić information content (AvgIpc) is 3.05. The van der Waals surface area contributed by atoms with E-state index >= 15 is 0 Å². The number of phenolic OH excluding ortho intramolecular Hbond substituents is 1. The molecule has 0 unspecified atom stereocenters. The molecule has 0 spiro atoms. The number of benzene rings is 1. The van der Waals surface area contributed by atoms with Crippen molar-refractivity contribution >= 4 is 5.65 Å². The molecule has 1 saturated heterocycles. The zero-order valence-electron chi connectivity index (χ0n) is 15.7. The molecule has 140 valence electrons. The van der Waals surface area contributed by atoms with Crippen molar-refractivity contribution in [2.45, 2.75) is 12.8 Å². The maximum atomic E-state index is 10.6. The second-order valence-corrected chi connectivity index (χ2v) is 7.40. The summed E-state index contributed by atoms with van der Waals surface area (Å²) in [6.07, 6.45) is 1.88.